The standard InChI is InChI=1S/C33H40N4O4/c1-2-3-7-15-34-33(40)35-28-12-10-24(11-13-28)26-21-27-23-37(32(39)31(38)25-8-5-4-6-9-25)16-14-29(27)30(22-26)36-17-19-41-20-18-36/h4-6,8-13,21-22,31,38H,2-3,7,14-20,23H2,1H3,(H2,34,35,40). The number of carbonyl (C=O) groups excluding carboxylic acids is 2. The van der Waals surface area contributed by atoms with Crippen LogP contribution in [0.2, 0.25) is 0 Å². The van der Waals surface area contributed by atoms with E-state index < -0.39 is 6.10 Å². The number of urea groups is 1. The van der Waals surface area contributed by atoms with Crippen LogP contribution in [0.1, 0.15) is 49.0 Å². The van der Waals surface area contributed by atoms with Crippen molar-refractivity contribution in [2.75, 3.05) is 49.6 Å². The lowest BCUT2D eigenvalue weighted by Gasteiger charge is -2.36. The highest BCUT2D eigenvalue weighted by Crippen LogP contribution is 2.36. The third-order valence-electron chi connectivity index (χ3n) is 7.87. The summed E-state index contributed by atoms with van der Waals surface area (Å²) in [5, 5.41) is 16.6. The number of carbonyl (C=O) groups is 2. The number of aliphatic hydroxyl groups is 1. The first-order chi connectivity index (χ1) is 20.0. The number of fused-ring (bicyclic) bond motifs is 1. The highest BCUT2D eigenvalue weighted by Gasteiger charge is 2.29. The van der Waals surface area contributed by atoms with Crippen molar-refractivity contribution in [2.24, 2.45) is 0 Å². The van der Waals surface area contributed by atoms with E-state index in [9.17, 15) is 14.7 Å². The molecule has 1 unspecified atom stereocenters. The Kier molecular flexibility index (Phi) is 9.54. The van der Waals surface area contributed by atoms with Gasteiger partial charge in [-0.3, -0.25) is 4.79 Å². The average Bonchev–Trinajstić information content (AvgIpc) is 3.02. The zero-order valence-electron chi connectivity index (χ0n) is 23.8. The Labute approximate surface area is 242 Å². The van der Waals surface area contributed by atoms with Crippen LogP contribution in [0.5, 0.6) is 0 Å². The highest BCUT2D eigenvalue weighted by molar-refractivity contribution is 5.89. The monoisotopic (exact) mass is 556 g/mol. The second kappa shape index (κ2) is 13.7. The molecule has 41 heavy (non-hydrogen) atoms. The van der Waals surface area contributed by atoms with Crippen molar-refractivity contribution in [3.8, 4) is 11.1 Å². The molecule has 0 saturated carbocycles. The SMILES string of the molecule is CCCCCNC(=O)Nc1ccc(-c2cc3c(c(N4CCOCC4)c2)CCN(C(=O)C(O)c2ccccc2)C3)cc1. The Morgan fingerprint density at radius 2 is 1.71 bits per heavy atom. The Morgan fingerprint density at radius 3 is 2.44 bits per heavy atom. The molecule has 2 aliphatic heterocycles. The summed E-state index contributed by atoms with van der Waals surface area (Å²) in [4.78, 5) is 29.7. The number of benzene rings is 3. The van der Waals surface area contributed by atoms with Gasteiger partial charge in [0, 0.05) is 44.1 Å². The van der Waals surface area contributed by atoms with Gasteiger partial charge in [-0.1, -0.05) is 62.2 Å². The van der Waals surface area contributed by atoms with Gasteiger partial charge in [0.15, 0.2) is 6.10 Å². The van der Waals surface area contributed by atoms with Crippen LogP contribution in [0.3, 0.4) is 0 Å². The summed E-state index contributed by atoms with van der Waals surface area (Å²) >= 11 is 0. The second-order valence-corrected chi connectivity index (χ2v) is 10.7. The largest absolute Gasteiger partial charge is 0.378 e. The summed E-state index contributed by atoms with van der Waals surface area (Å²) < 4.78 is 5.62. The number of amides is 3. The van der Waals surface area contributed by atoms with Crippen molar-refractivity contribution < 1.29 is 19.4 Å². The van der Waals surface area contributed by atoms with E-state index in [4.69, 9.17) is 4.74 Å². The van der Waals surface area contributed by atoms with Crippen LogP contribution < -0.4 is 15.5 Å². The molecule has 3 aromatic rings. The highest BCUT2D eigenvalue weighted by atomic mass is 16.5. The first-order valence-electron chi connectivity index (χ1n) is 14.7. The van der Waals surface area contributed by atoms with E-state index in [1.165, 1.54) is 11.3 Å². The van der Waals surface area contributed by atoms with Crippen LogP contribution in [0.15, 0.2) is 66.7 Å². The fourth-order valence-electron chi connectivity index (χ4n) is 5.57. The minimum absolute atomic E-state index is 0.195. The molecule has 8 nitrogen and oxygen atoms in total. The van der Waals surface area contributed by atoms with E-state index in [-0.39, 0.29) is 11.9 Å². The second-order valence-electron chi connectivity index (χ2n) is 10.7. The summed E-state index contributed by atoms with van der Waals surface area (Å²) in [6.07, 6.45) is 2.74. The molecule has 3 amide bonds. The molecule has 0 bridgehead atoms. The number of aliphatic hydroxyl groups excluding tert-OH is 1. The van der Waals surface area contributed by atoms with E-state index in [2.05, 4.69) is 34.6 Å². The molecule has 1 fully saturated rings. The molecular weight excluding hydrogens is 516 g/mol. The zero-order chi connectivity index (χ0) is 28.6. The first kappa shape index (κ1) is 28.6. The summed E-state index contributed by atoms with van der Waals surface area (Å²) in [5.41, 5.74) is 6.96. The van der Waals surface area contributed by atoms with Crippen molar-refractivity contribution in [1.82, 2.24) is 10.2 Å². The quantitative estimate of drug-likeness (QED) is 0.318. The van der Waals surface area contributed by atoms with Crippen LogP contribution in [0, 0.1) is 0 Å². The summed E-state index contributed by atoms with van der Waals surface area (Å²) in [5.74, 6) is -0.274. The van der Waals surface area contributed by atoms with Crippen LogP contribution in [-0.4, -0.2) is 61.3 Å². The normalized spacial score (nSPS) is 15.7. The van der Waals surface area contributed by atoms with Gasteiger partial charge >= 0.3 is 6.03 Å². The molecule has 3 aromatic carbocycles. The van der Waals surface area contributed by atoms with Gasteiger partial charge in [0.25, 0.3) is 5.91 Å². The van der Waals surface area contributed by atoms with Gasteiger partial charge in [-0.25, -0.2) is 4.79 Å². The lowest BCUT2D eigenvalue weighted by Crippen LogP contribution is -2.41. The molecule has 1 atom stereocenters. The molecule has 5 rings (SSSR count). The zero-order valence-corrected chi connectivity index (χ0v) is 23.8. The maximum Gasteiger partial charge on any atom is 0.319 e. The lowest BCUT2D eigenvalue weighted by molar-refractivity contribution is -0.141. The maximum atomic E-state index is 13.3. The van der Waals surface area contributed by atoms with Crippen LogP contribution >= 0.6 is 0 Å². The van der Waals surface area contributed by atoms with Crippen molar-refractivity contribution in [3.05, 3.63) is 83.4 Å². The number of anilines is 2. The van der Waals surface area contributed by atoms with Gasteiger partial charge in [0.1, 0.15) is 0 Å². The predicted octanol–water partition coefficient (Wildman–Crippen LogP) is 5.12. The third-order valence-corrected chi connectivity index (χ3v) is 7.87. The maximum absolute atomic E-state index is 13.3. The van der Waals surface area contributed by atoms with Crippen LogP contribution in [-0.2, 0) is 22.5 Å². The molecule has 0 radical (unpaired) electrons. The van der Waals surface area contributed by atoms with E-state index in [0.717, 1.165) is 61.2 Å². The van der Waals surface area contributed by atoms with Crippen molar-refractivity contribution in [3.63, 3.8) is 0 Å². The number of unbranched alkanes of at least 4 members (excludes halogenated alkanes) is 2. The Balaban J connectivity index is 1.36. The molecule has 8 heteroatoms. The average molecular weight is 557 g/mol. The molecular formula is C33H40N4O4. The number of hydrogen-bond donors (Lipinski definition) is 3. The first-order valence-corrected chi connectivity index (χ1v) is 14.7. The minimum atomic E-state index is -1.18. The number of morpholine rings is 1. The molecule has 0 spiro atoms. The molecule has 3 N–H and O–H groups in total. The molecule has 216 valence electrons. The van der Waals surface area contributed by atoms with Gasteiger partial charge in [0.05, 0.1) is 13.2 Å². The van der Waals surface area contributed by atoms with Gasteiger partial charge in [-0.05, 0) is 64.9 Å². The molecule has 2 aliphatic rings. The number of hydrogen-bond acceptors (Lipinski definition) is 5. The number of rotatable bonds is 9. The summed E-state index contributed by atoms with van der Waals surface area (Å²) in [6, 6.07) is 21.2. The number of ether oxygens (including phenoxy) is 1. The van der Waals surface area contributed by atoms with Gasteiger partial charge in [-0.15, -0.1) is 0 Å². The molecule has 0 aliphatic carbocycles. The fraction of sp³-hybridized carbons (Fsp3) is 0.394. The van der Waals surface area contributed by atoms with Crippen molar-refractivity contribution in [1.29, 1.82) is 0 Å². The van der Waals surface area contributed by atoms with E-state index in [0.29, 0.717) is 38.4 Å². The number of nitrogens with zero attached hydrogens (tertiary/aromatic N) is 2. The summed E-state index contributed by atoms with van der Waals surface area (Å²) in [7, 11) is 0. The Bertz CT molecular complexity index is 1320. The molecule has 0 aromatic heterocycles. The van der Waals surface area contributed by atoms with E-state index in [1.54, 1.807) is 17.0 Å². The van der Waals surface area contributed by atoms with Crippen LogP contribution in [0.25, 0.3) is 11.1 Å². The predicted molar refractivity (Wildman–Crippen MR) is 162 cm³/mol. The summed E-state index contributed by atoms with van der Waals surface area (Å²) in [6.45, 7) is 6.83. The minimum Gasteiger partial charge on any atom is -0.378 e. The van der Waals surface area contributed by atoms with Gasteiger partial charge in [0.2, 0.25) is 0 Å². The smallest absolute Gasteiger partial charge is 0.319 e. The van der Waals surface area contributed by atoms with Gasteiger partial charge < -0.3 is 30.3 Å². The van der Waals surface area contributed by atoms with Crippen molar-refractivity contribution >= 4 is 23.3 Å². The number of nitrogens with one attached hydrogen (secondary N) is 2. The van der Waals surface area contributed by atoms with Gasteiger partial charge in [-0.2, -0.15) is 0 Å². The van der Waals surface area contributed by atoms with Crippen LogP contribution in [0.4, 0.5) is 16.2 Å². The fourth-order valence-corrected chi connectivity index (χ4v) is 5.57. The third kappa shape index (κ3) is 7.07. The van der Waals surface area contributed by atoms with E-state index >= 15 is 0 Å². The Morgan fingerprint density at radius 1 is 0.951 bits per heavy atom. The lowest BCUT2D eigenvalue weighted by atomic mass is 9.91. The van der Waals surface area contributed by atoms with Crippen molar-refractivity contribution in [2.45, 2.75) is 45.3 Å². The molecule has 1 saturated heterocycles. The topological polar surface area (TPSA) is 94.1 Å². The Hall–Kier alpha value is -3.88. The van der Waals surface area contributed by atoms with E-state index in [1.807, 2.05) is 42.5 Å². The molecule has 2 heterocycles.